The lowest BCUT2D eigenvalue weighted by Crippen LogP contribution is -2.44. The standard InChI is InChI=1S/C10H9F3N2O2/c11-10(12,13)9(17)15-4-3-7-6(5-15)1-2-8(16)14-7/h1-2H,3-5H2,(H,14,16). The highest BCUT2D eigenvalue weighted by Crippen LogP contribution is 2.23. The van der Waals surface area contributed by atoms with Crippen molar-refractivity contribution in [2.45, 2.75) is 19.1 Å². The third kappa shape index (κ3) is 2.32. The molecule has 0 spiro atoms. The average Bonchev–Trinajstić information content (AvgIpc) is 2.26. The summed E-state index contributed by atoms with van der Waals surface area (Å²) in [5.74, 6) is -1.84. The van der Waals surface area contributed by atoms with Crippen molar-refractivity contribution in [3.05, 3.63) is 33.7 Å². The minimum atomic E-state index is -4.85. The van der Waals surface area contributed by atoms with Crippen molar-refractivity contribution in [1.82, 2.24) is 9.88 Å². The van der Waals surface area contributed by atoms with E-state index in [2.05, 4.69) is 4.98 Å². The van der Waals surface area contributed by atoms with E-state index in [-0.39, 0.29) is 25.1 Å². The molecule has 1 aromatic rings. The van der Waals surface area contributed by atoms with Crippen LogP contribution in [0.3, 0.4) is 0 Å². The van der Waals surface area contributed by atoms with E-state index in [4.69, 9.17) is 0 Å². The highest BCUT2D eigenvalue weighted by atomic mass is 19.4. The number of alkyl halides is 3. The summed E-state index contributed by atoms with van der Waals surface area (Å²) < 4.78 is 36.7. The number of pyridine rings is 1. The first-order chi connectivity index (χ1) is 7.88. The number of hydrogen-bond donors (Lipinski definition) is 1. The molecule has 0 atom stereocenters. The summed E-state index contributed by atoms with van der Waals surface area (Å²) in [5.41, 5.74) is 0.858. The maximum Gasteiger partial charge on any atom is 0.471 e. The first-order valence-electron chi connectivity index (χ1n) is 4.95. The second-order valence-electron chi connectivity index (χ2n) is 3.80. The number of nitrogens with zero attached hydrogens (tertiary/aromatic N) is 1. The van der Waals surface area contributed by atoms with Gasteiger partial charge in [0, 0.05) is 31.3 Å². The molecule has 0 radical (unpaired) electrons. The van der Waals surface area contributed by atoms with Gasteiger partial charge < -0.3 is 9.88 Å². The molecule has 2 rings (SSSR count). The van der Waals surface area contributed by atoms with Crippen molar-refractivity contribution in [1.29, 1.82) is 0 Å². The van der Waals surface area contributed by atoms with Crippen LogP contribution in [0.4, 0.5) is 13.2 Å². The number of aromatic nitrogens is 1. The molecule has 1 aromatic heterocycles. The Balaban J connectivity index is 2.22. The van der Waals surface area contributed by atoms with Gasteiger partial charge in [-0.15, -0.1) is 0 Å². The molecule has 7 heteroatoms. The molecule has 1 aliphatic heterocycles. The predicted molar refractivity (Wildman–Crippen MR) is 52.2 cm³/mol. The summed E-state index contributed by atoms with van der Waals surface area (Å²) in [4.78, 5) is 25.3. The summed E-state index contributed by atoms with van der Waals surface area (Å²) in [6, 6.07) is 2.68. The summed E-state index contributed by atoms with van der Waals surface area (Å²) >= 11 is 0. The number of nitrogens with one attached hydrogen (secondary N) is 1. The molecule has 92 valence electrons. The van der Waals surface area contributed by atoms with Crippen LogP contribution in [0.5, 0.6) is 0 Å². The minimum Gasteiger partial charge on any atom is -0.330 e. The molecule has 0 unspecified atom stereocenters. The number of rotatable bonds is 0. The highest BCUT2D eigenvalue weighted by molar-refractivity contribution is 5.82. The van der Waals surface area contributed by atoms with E-state index in [0.717, 1.165) is 4.90 Å². The van der Waals surface area contributed by atoms with E-state index < -0.39 is 12.1 Å². The molecule has 0 aromatic carbocycles. The van der Waals surface area contributed by atoms with Crippen molar-refractivity contribution in [2.75, 3.05) is 6.54 Å². The minimum absolute atomic E-state index is 0.0364. The average molecular weight is 246 g/mol. The normalized spacial score (nSPS) is 15.6. The number of H-pyrrole nitrogens is 1. The van der Waals surface area contributed by atoms with Gasteiger partial charge >= 0.3 is 12.1 Å². The number of halogens is 3. The van der Waals surface area contributed by atoms with E-state index in [1.807, 2.05) is 0 Å². The third-order valence-corrected chi connectivity index (χ3v) is 2.62. The lowest BCUT2D eigenvalue weighted by Gasteiger charge is -2.28. The van der Waals surface area contributed by atoms with Gasteiger partial charge in [-0.25, -0.2) is 0 Å². The van der Waals surface area contributed by atoms with Gasteiger partial charge in [-0.2, -0.15) is 13.2 Å². The molecule has 0 bridgehead atoms. The van der Waals surface area contributed by atoms with Gasteiger partial charge in [-0.1, -0.05) is 6.07 Å². The van der Waals surface area contributed by atoms with Crippen LogP contribution in [0.1, 0.15) is 11.3 Å². The van der Waals surface area contributed by atoms with Crippen LogP contribution in [0.15, 0.2) is 16.9 Å². The lowest BCUT2D eigenvalue weighted by atomic mass is 10.1. The number of amides is 1. The SMILES string of the molecule is O=C(N1CCc2[nH]c(=O)ccc2C1)C(F)(F)F. The lowest BCUT2D eigenvalue weighted by molar-refractivity contribution is -0.186. The Morgan fingerprint density at radius 1 is 1.35 bits per heavy atom. The van der Waals surface area contributed by atoms with Crippen molar-refractivity contribution in [3.8, 4) is 0 Å². The van der Waals surface area contributed by atoms with Crippen LogP contribution in [-0.2, 0) is 17.8 Å². The largest absolute Gasteiger partial charge is 0.471 e. The monoisotopic (exact) mass is 246 g/mol. The zero-order chi connectivity index (χ0) is 12.6. The molecule has 4 nitrogen and oxygen atoms in total. The molecule has 0 saturated heterocycles. The second kappa shape index (κ2) is 3.90. The maximum absolute atomic E-state index is 12.2. The molecule has 1 aliphatic rings. The fraction of sp³-hybridized carbons (Fsp3) is 0.400. The van der Waals surface area contributed by atoms with Gasteiger partial charge in [-0.05, 0) is 5.56 Å². The van der Waals surface area contributed by atoms with Crippen molar-refractivity contribution < 1.29 is 18.0 Å². The van der Waals surface area contributed by atoms with Crippen LogP contribution < -0.4 is 5.56 Å². The van der Waals surface area contributed by atoms with E-state index >= 15 is 0 Å². The number of carbonyl (C=O) groups is 1. The Kier molecular flexibility index (Phi) is 2.68. The zero-order valence-corrected chi connectivity index (χ0v) is 8.67. The third-order valence-electron chi connectivity index (χ3n) is 2.62. The molecule has 2 heterocycles. The summed E-state index contributed by atoms with van der Waals surface area (Å²) in [7, 11) is 0. The molecule has 0 aliphatic carbocycles. The molecule has 1 N–H and O–H groups in total. The summed E-state index contributed by atoms with van der Waals surface area (Å²) in [6.07, 6.45) is -4.62. The maximum atomic E-state index is 12.2. The van der Waals surface area contributed by atoms with Gasteiger partial charge in [0.15, 0.2) is 0 Å². The van der Waals surface area contributed by atoms with E-state index in [0.29, 0.717) is 11.3 Å². The van der Waals surface area contributed by atoms with Gasteiger partial charge in [0.25, 0.3) is 0 Å². The molecule has 0 saturated carbocycles. The van der Waals surface area contributed by atoms with E-state index in [1.165, 1.54) is 12.1 Å². The van der Waals surface area contributed by atoms with Crippen LogP contribution in [0, 0.1) is 0 Å². The molecular formula is C10H9F3N2O2. The first-order valence-corrected chi connectivity index (χ1v) is 4.95. The Morgan fingerprint density at radius 3 is 2.71 bits per heavy atom. The predicted octanol–water partition coefficient (Wildman–Crippen LogP) is 0.822. The fourth-order valence-corrected chi connectivity index (χ4v) is 1.80. The van der Waals surface area contributed by atoms with E-state index in [9.17, 15) is 22.8 Å². The molecular weight excluding hydrogens is 237 g/mol. The topological polar surface area (TPSA) is 53.2 Å². The number of hydrogen-bond acceptors (Lipinski definition) is 2. The summed E-state index contributed by atoms with van der Waals surface area (Å²) in [6.45, 7) is -0.157. The van der Waals surface area contributed by atoms with Crippen molar-refractivity contribution >= 4 is 5.91 Å². The molecule has 0 fully saturated rings. The van der Waals surface area contributed by atoms with Crippen molar-refractivity contribution in [3.63, 3.8) is 0 Å². The van der Waals surface area contributed by atoms with Gasteiger partial charge in [0.1, 0.15) is 0 Å². The number of aromatic amines is 1. The fourth-order valence-electron chi connectivity index (χ4n) is 1.80. The molecule has 17 heavy (non-hydrogen) atoms. The number of fused-ring (bicyclic) bond motifs is 1. The van der Waals surface area contributed by atoms with E-state index in [1.54, 1.807) is 0 Å². The second-order valence-corrected chi connectivity index (χ2v) is 3.80. The van der Waals surface area contributed by atoms with Gasteiger partial charge in [0.05, 0.1) is 0 Å². The Labute approximate surface area is 94.0 Å². The Bertz CT molecular complexity index is 507. The Morgan fingerprint density at radius 2 is 2.06 bits per heavy atom. The first kappa shape index (κ1) is 11.7. The van der Waals surface area contributed by atoms with Crippen LogP contribution in [-0.4, -0.2) is 28.5 Å². The quantitative estimate of drug-likeness (QED) is 0.736. The number of carbonyl (C=O) groups excluding carboxylic acids is 1. The van der Waals surface area contributed by atoms with Crippen molar-refractivity contribution in [2.24, 2.45) is 0 Å². The molecule has 1 amide bonds. The smallest absolute Gasteiger partial charge is 0.330 e. The highest BCUT2D eigenvalue weighted by Gasteiger charge is 2.43. The van der Waals surface area contributed by atoms with Gasteiger partial charge in [0.2, 0.25) is 5.56 Å². The van der Waals surface area contributed by atoms with Crippen LogP contribution in [0.2, 0.25) is 0 Å². The Hall–Kier alpha value is -1.79. The van der Waals surface area contributed by atoms with Gasteiger partial charge in [-0.3, -0.25) is 9.59 Å². The van der Waals surface area contributed by atoms with Crippen LogP contribution in [0.25, 0.3) is 0 Å². The zero-order valence-electron chi connectivity index (χ0n) is 8.67. The summed E-state index contributed by atoms with van der Waals surface area (Å²) in [5, 5.41) is 0. The van der Waals surface area contributed by atoms with Crippen LogP contribution >= 0.6 is 0 Å².